The summed E-state index contributed by atoms with van der Waals surface area (Å²) in [5.74, 6) is -2.31. The van der Waals surface area contributed by atoms with E-state index >= 15 is 0 Å². The molecule has 5 fully saturated rings. The van der Waals surface area contributed by atoms with Gasteiger partial charge in [-0.05, 0) is 0 Å². The fourth-order valence-corrected chi connectivity index (χ4v) is 8.25. The summed E-state index contributed by atoms with van der Waals surface area (Å²) in [6.45, 7) is -1.46. The standard InChI is InChI=1S/C36H61N3O26/c1-9(45)37-17-22(50)20(48)12(4-40)58-33(17)62-28-15(7-43)60-34(18(23(28)51)38-10(2)46)63-29-16(8-44)61-35(19(24(29)52)39-11(3)47)65-31-21(49)13(5-41)59-36(27(31)55)64-30-14(6-42)57-32(56)26(54)25(30)53/h12-36,40-44,48-56H,4-8H2,1-3H3,(H,37,45)(H,38,46)(H,39,47)/t12-,13-,14-,15-,16-,17-,18-,19-,20+,21-,22-,23-,24-,25-,26-,27+,28+,29-,30-,31+,32-,33+,34+,35+,36+/m1/s1. The smallest absolute Gasteiger partial charge is 0.217 e. The fourth-order valence-electron chi connectivity index (χ4n) is 8.25. The molecule has 3 amide bonds. The normalized spacial score (nSPS) is 47.1. The fraction of sp³-hybridized carbons (Fsp3) is 0.917. The van der Waals surface area contributed by atoms with E-state index in [9.17, 15) is 85.9 Å². The number of hydrogen-bond acceptors (Lipinski definition) is 26. The lowest BCUT2D eigenvalue weighted by Gasteiger charge is -2.51. The van der Waals surface area contributed by atoms with E-state index in [1.807, 2.05) is 0 Å². The molecule has 0 aromatic carbocycles. The average molecular weight is 952 g/mol. The number of aliphatic hydroxyl groups excluding tert-OH is 14. The van der Waals surface area contributed by atoms with Crippen LogP contribution in [0.3, 0.4) is 0 Å². The number of amides is 3. The summed E-state index contributed by atoms with van der Waals surface area (Å²) in [6, 6.07) is -4.91. The van der Waals surface area contributed by atoms with E-state index in [-0.39, 0.29) is 0 Å². The van der Waals surface area contributed by atoms with Crippen molar-refractivity contribution in [2.24, 2.45) is 0 Å². The Balaban J connectivity index is 1.38. The van der Waals surface area contributed by atoms with E-state index in [4.69, 9.17) is 42.6 Å². The Kier molecular flexibility index (Phi) is 19.1. The molecule has 65 heavy (non-hydrogen) atoms. The lowest BCUT2D eigenvalue weighted by Crippen LogP contribution is -2.71. The van der Waals surface area contributed by atoms with Gasteiger partial charge < -0.3 is 130 Å². The highest BCUT2D eigenvalue weighted by Gasteiger charge is 2.57. The van der Waals surface area contributed by atoms with Gasteiger partial charge in [-0.3, -0.25) is 14.4 Å². The van der Waals surface area contributed by atoms with Crippen LogP contribution < -0.4 is 16.0 Å². The van der Waals surface area contributed by atoms with Crippen LogP contribution in [-0.2, 0) is 57.0 Å². The first-order valence-electron chi connectivity index (χ1n) is 20.6. The zero-order valence-corrected chi connectivity index (χ0v) is 35.1. The summed E-state index contributed by atoms with van der Waals surface area (Å²) < 4.78 is 51.5. The maximum atomic E-state index is 12.5. The minimum Gasteiger partial charge on any atom is -0.394 e. The molecule has 5 rings (SSSR count). The summed E-state index contributed by atoms with van der Waals surface area (Å²) in [4.78, 5) is 37.0. The van der Waals surface area contributed by atoms with Crippen molar-refractivity contribution in [2.75, 3.05) is 33.0 Å². The number of rotatable bonds is 16. The lowest BCUT2D eigenvalue weighted by molar-refractivity contribution is -0.379. The van der Waals surface area contributed by atoms with Crippen molar-refractivity contribution in [2.45, 2.75) is 174 Å². The van der Waals surface area contributed by atoms with Crippen LogP contribution in [-0.4, -0.2) is 276 Å². The second kappa shape index (κ2) is 23.2. The van der Waals surface area contributed by atoms with Crippen molar-refractivity contribution < 1.29 is 129 Å². The molecular weight excluding hydrogens is 890 g/mol. The Morgan fingerprint density at radius 3 is 1.11 bits per heavy atom. The zero-order valence-electron chi connectivity index (χ0n) is 35.1. The summed E-state index contributed by atoms with van der Waals surface area (Å²) in [7, 11) is 0. The van der Waals surface area contributed by atoms with Crippen LogP contribution in [0.1, 0.15) is 20.8 Å². The maximum absolute atomic E-state index is 12.5. The van der Waals surface area contributed by atoms with Gasteiger partial charge in [0.25, 0.3) is 0 Å². The van der Waals surface area contributed by atoms with Gasteiger partial charge in [0.05, 0.1) is 33.0 Å². The molecule has 29 nitrogen and oxygen atoms in total. The number of carbonyl (C=O) groups is 3. The van der Waals surface area contributed by atoms with E-state index in [2.05, 4.69) is 16.0 Å². The molecule has 5 aliphatic rings. The van der Waals surface area contributed by atoms with Gasteiger partial charge in [0.2, 0.25) is 17.7 Å². The Morgan fingerprint density at radius 1 is 0.369 bits per heavy atom. The molecule has 17 N–H and O–H groups in total. The van der Waals surface area contributed by atoms with Crippen LogP contribution >= 0.6 is 0 Å². The molecule has 376 valence electrons. The minimum absolute atomic E-state index is 0.708. The van der Waals surface area contributed by atoms with E-state index in [0.717, 1.165) is 20.8 Å². The number of ether oxygens (including phenoxy) is 9. The third-order valence-electron chi connectivity index (χ3n) is 11.5. The van der Waals surface area contributed by atoms with Crippen LogP contribution in [0.4, 0.5) is 0 Å². The second-order valence-corrected chi connectivity index (χ2v) is 16.2. The van der Waals surface area contributed by atoms with Crippen LogP contribution in [0.2, 0.25) is 0 Å². The minimum atomic E-state index is -2.10. The molecule has 0 aromatic rings. The quantitative estimate of drug-likeness (QED) is 0.0683. The molecule has 0 spiro atoms. The van der Waals surface area contributed by atoms with Gasteiger partial charge >= 0.3 is 0 Å². The lowest BCUT2D eigenvalue weighted by atomic mass is 9.93. The number of hydrogen-bond donors (Lipinski definition) is 17. The highest BCUT2D eigenvalue weighted by molar-refractivity contribution is 5.74. The first kappa shape index (κ1) is 53.4. The molecule has 29 heteroatoms. The van der Waals surface area contributed by atoms with Gasteiger partial charge in [-0.25, -0.2) is 0 Å². The second-order valence-electron chi connectivity index (χ2n) is 16.2. The van der Waals surface area contributed by atoms with Gasteiger partial charge in [0, 0.05) is 20.8 Å². The molecule has 0 bridgehead atoms. The SMILES string of the molecule is CC(=O)N[C@H]1[C@H](O[C@H]2[C@H](O)[C@@H](NC(C)=O)[C@H](O[C@@H]3[C@H](O)[C@H](O[C@H]4[C@H](O)[C@@H](O)[C@H](O)O[C@@H]4CO)O[C@H](CO)[C@H]3O)O[C@@H]2CO)O[C@H](CO)[C@H](O[C@@H]2O[C@H](CO)[C@H](O)[C@H](O)[C@H]2NC(C)=O)[C@@H]1O. The number of aliphatic hydroxyl groups is 14. The summed E-state index contributed by atoms with van der Waals surface area (Å²) in [5.41, 5.74) is 0. The van der Waals surface area contributed by atoms with E-state index < -0.39 is 204 Å². The van der Waals surface area contributed by atoms with Crippen molar-refractivity contribution in [3.63, 3.8) is 0 Å². The molecular formula is C36H61N3O26. The van der Waals surface area contributed by atoms with Gasteiger partial charge in [-0.15, -0.1) is 0 Å². The van der Waals surface area contributed by atoms with Gasteiger partial charge in [0.1, 0.15) is 122 Å². The van der Waals surface area contributed by atoms with Crippen molar-refractivity contribution in [3.05, 3.63) is 0 Å². The van der Waals surface area contributed by atoms with Gasteiger partial charge in [0.15, 0.2) is 31.5 Å². The first-order chi connectivity index (χ1) is 30.7. The van der Waals surface area contributed by atoms with E-state index in [1.165, 1.54) is 0 Å². The Morgan fingerprint density at radius 2 is 0.692 bits per heavy atom. The highest BCUT2D eigenvalue weighted by atomic mass is 16.8. The molecule has 0 unspecified atom stereocenters. The molecule has 5 aliphatic heterocycles. The predicted octanol–water partition coefficient (Wildman–Crippen LogP) is -11.5. The van der Waals surface area contributed by atoms with Crippen LogP contribution in [0.5, 0.6) is 0 Å². The topological polar surface area (TPSA) is 454 Å². The van der Waals surface area contributed by atoms with Crippen molar-refractivity contribution in [3.8, 4) is 0 Å². The Hall–Kier alpha value is -2.51. The molecule has 25 atom stereocenters. The van der Waals surface area contributed by atoms with Crippen LogP contribution in [0.15, 0.2) is 0 Å². The number of carbonyl (C=O) groups excluding carboxylic acids is 3. The summed E-state index contributed by atoms with van der Waals surface area (Å²) in [5, 5.41) is 156. The van der Waals surface area contributed by atoms with Crippen LogP contribution in [0, 0.1) is 0 Å². The summed E-state index contributed by atoms with van der Waals surface area (Å²) in [6.07, 6.45) is -39.7. The van der Waals surface area contributed by atoms with Gasteiger partial charge in [-0.2, -0.15) is 0 Å². The number of nitrogens with one attached hydrogen (secondary N) is 3. The summed E-state index contributed by atoms with van der Waals surface area (Å²) >= 11 is 0. The van der Waals surface area contributed by atoms with E-state index in [1.54, 1.807) is 0 Å². The Labute approximate surface area is 369 Å². The van der Waals surface area contributed by atoms with Crippen molar-refractivity contribution in [1.29, 1.82) is 0 Å². The monoisotopic (exact) mass is 951 g/mol. The third-order valence-corrected chi connectivity index (χ3v) is 11.5. The Bertz CT molecular complexity index is 1560. The largest absolute Gasteiger partial charge is 0.394 e. The predicted molar refractivity (Wildman–Crippen MR) is 201 cm³/mol. The zero-order chi connectivity index (χ0) is 48.2. The first-order valence-corrected chi connectivity index (χ1v) is 20.6. The molecule has 0 aliphatic carbocycles. The van der Waals surface area contributed by atoms with Crippen molar-refractivity contribution >= 4 is 17.7 Å². The van der Waals surface area contributed by atoms with Gasteiger partial charge in [-0.1, -0.05) is 0 Å². The molecule has 5 saturated heterocycles. The van der Waals surface area contributed by atoms with Crippen LogP contribution in [0.25, 0.3) is 0 Å². The maximum Gasteiger partial charge on any atom is 0.217 e. The molecule has 0 aromatic heterocycles. The average Bonchev–Trinajstić information content (AvgIpc) is 3.26. The highest BCUT2D eigenvalue weighted by Crippen LogP contribution is 2.36. The van der Waals surface area contributed by atoms with Crippen molar-refractivity contribution in [1.82, 2.24) is 16.0 Å². The van der Waals surface area contributed by atoms with E-state index in [0.29, 0.717) is 0 Å². The molecule has 5 heterocycles. The molecule has 0 radical (unpaired) electrons. The molecule has 0 saturated carbocycles. The third kappa shape index (κ3) is 11.9.